The van der Waals surface area contributed by atoms with Gasteiger partial charge in [-0.3, -0.25) is 14.4 Å². The number of carbonyl (C=O) groups excluding carboxylic acids is 3. The first-order valence-corrected chi connectivity index (χ1v) is 29.0. The van der Waals surface area contributed by atoms with Gasteiger partial charge >= 0.3 is 17.9 Å². The molecule has 0 heterocycles. The smallest absolute Gasteiger partial charge is 0.306 e. The summed E-state index contributed by atoms with van der Waals surface area (Å²) in [5.41, 5.74) is 0. The first-order chi connectivity index (χ1) is 36.0. The summed E-state index contributed by atoms with van der Waals surface area (Å²) >= 11 is 0. The molecule has 0 aliphatic heterocycles. The summed E-state index contributed by atoms with van der Waals surface area (Å²) < 4.78 is 16.8. The van der Waals surface area contributed by atoms with E-state index in [0.29, 0.717) is 19.3 Å². The number of carbonyl (C=O) groups is 3. The predicted octanol–water partition coefficient (Wildman–Crippen LogP) is 19.8. The highest BCUT2D eigenvalue weighted by Crippen LogP contribution is 2.12. The fourth-order valence-corrected chi connectivity index (χ4v) is 7.19. The van der Waals surface area contributed by atoms with Crippen molar-refractivity contribution in [2.24, 2.45) is 0 Å². The highest BCUT2D eigenvalue weighted by Gasteiger charge is 2.19. The van der Waals surface area contributed by atoms with E-state index in [0.717, 1.165) is 154 Å². The molecule has 1 atom stereocenters. The Morgan fingerprint density at radius 2 is 0.534 bits per heavy atom. The molecule has 73 heavy (non-hydrogen) atoms. The summed E-state index contributed by atoms with van der Waals surface area (Å²) in [5.74, 6) is -0.999. The number of unbranched alkanes of at least 4 members (excludes halogenated alkanes) is 13. The lowest BCUT2D eigenvalue weighted by Crippen LogP contribution is -2.30. The van der Waals surface area contributed by atoms with Crippen molar-refractivity contribution in [3.8, 4) is 0 Å². The molecule has 0 aromatic carbocycles. The van der Waals surface area contributed by atoms with Crippen molar-refractivity contribution in [2.75, 3.05) is 13.2 Å². The maximum Gasteiger partial charge on any atom is 0.306 e. The molecule has 0 saturated carbocycles. The van der Waals surface area contributed by atoms with Crippen LogP contribution in [-0.2, 0) is 28.6 Å². The van der Waals surface area contributed by atoms with Crippen LogP contribution in [0.25, 0.3) is 0 Å². The van der Waals surface area contributed by atoms with E-state index in [4.69, 9.17) is 14.2 Å². The lowest BCUT2D eigenvalue weighted by molar-refractivity contribution is -0.167. The Morgan fingerprint density at radius 3 is 0.863 bits per heavy atom. The minimum absolute atomic E-state index is 0.114. The summed E-state index contributed by atoms with van der Waals surface area (Å²) in [7, 11) is 0. The molecule has 0 aliphatic carbocycles. The van der Waals surface area contributed by atoms with Crippen LogP contribution < -0.4 is 0 Å². The van der Waals surface area contributed by atoms with Gasteiger partial charge in [-0.05, 0) is 141 Å². The minimum atomic E-state index is -0.821. The van der Waals surface area contributed by atoms with Gasteiger partial charge in [0.15, 0.2) is 6.10 Å². The van der Waals surface area contributed by atoms with Gasteiger partial charge in [0.2, 0.25) is 0 Å². The molecule has 0 radical (unpaired) electrons. The summed E-state index contributed by atoms with van der Waals surface area (Å²) in [5, 5.41) is 0. The van der Waals surface area contributed by atoms with E-state index in [1.54, 1.807) is 0 Å². The second-order valence-electron chi connectivity index (χ2n) is 18.4. The second kappa shape index (κ2) is 59.6. The molecular formula is C67H104O6. The fourth-order valence-electron chi connectivity index (χ4n) is 7.19. The molecule has 6 nitrogen and oxygen atoms in total. The van der Waals surface area contributed by atoms with Crippen molar-refractivity contribution >= 4 is 17.9 Å². The molecule has 0 aliphatic rings. The van der Waals surface area contributed by atoms with E-state index in [1.165, 1.54) is 25.7 Å². The van der Waals surface area contributed by atoms with Crippen molar-refractivity contribution < 1.29 is 28.6 Å². The molecule has 0 saturated heterocycles. The molecule has 0 aromatic rings. The molecule has 6 heteroatoms. The van der Waals surface area contributed by atoms with Gasteiger partial charge in [-0.2, -0.15) is 0 Å². The first-order valence-electron chi connectivity index (χ1n) is 29.0. The average molecular weight is 1010 g/mol. The predicted molar refractivity (Wildman–Crippen MR) is 315 cm³/mol. The minimum Gasteiger partial charge on any atom is -0.462 e. The maximum absolute atomic E-state index is 12.8. The average Bonchev–Trinajstić information content (AvgIpc) is 3.39. The van der Waals surface area contributed by atoms with Crippen LogP contribution in [0, 0.1) is 0 Å². The number of ether oxygens (including phenoxy) is 3. The van der Waals surface area contributed by atoms with Crippen molar-refractivity contribution in [1.82, 2.24) is 0 Å². The van der Waals surface area contributed by atoms with E-state index < -0.39 is 6.10 Å². The molecule has 0 rings (SSSR count). The van der Waals surface area contributed by atoms with Crippen LogP contribution in [0.4, 0.5) is 0 Å². The molecule has 0 amide bonds. The van der Waals surface area contributed by atoms with Gasteiger partial charge in [0, 0.05) is 19.3 Å². The molecule has 0 fully saturated rings. The third-order valence-corrected chi connectivity index (χ3v) is 11.5. The van der Waals surface area contributed by atoms with E-state index in [9.17, 15) is 14.4 Å². The molecule has 1 unspecified atom stereocenters. The third-order valence-electron chi connectivity index (χ3n) is 11.5. The quantitative estimate of drug-likeness (QED) is 0.0261. The van der Waals surface area contributed by atoms with Crippen LogP contribution in [0.15, 0.2) is 158 Å². The number of esters is 3. The van der Waals surface area contributed by atoms with Crippen molar-refractivity contribution in [1.29, 1.82) is 0 Å². The Hall–Kier alpha value is -4.97. The maximum atomic E-state index is 12.8. The van der Waals surface area contributed by atoms with Crippen LogP contribution in [0.3, 0.4) is 0 Å². The topological polar surface area (TPSA) is 78.9 Å². The zero-order valence-electron chi connectivity index (χ0n) is 46.6. The van der Waals surface area contributed by atoms with Gasteiger partial charge in [0.05, 0.1) is 0 Å². The fraction of sp³-hybridized carbons (Fsp3) is 0.567. The van der Waals surface area contributed by atoms with Gasteiger partial charge in [-0.25, -0.2) is 0 Å². The standard InChI is InChI=1S/C67H104O6/c1-4-7-10-13-16-19-22-24-26-28-30-31-32-33-34-35-37-38-40-42-45-48-51-54-57-60-66(69)72-63-64(62-71-65(68)59-56-53-50-47-44-21-18-15-12-9-6-3)73-67(70)61-58-55-52-49-46-43-41-39-36-29-27-25-23-20-17-14-11-8-5-2/h7-8,10-11,15-20,24-27,30-31,33-34,36-39,42-43,45-46,64H,4-6,9,12-14,21-23,28-29,32,35,40-41,44,47-63H2,1-3H3/b10-7-,11-8-,18-15-,19-16-,20-17-,26-24-,27-25-,31-30-,34-33-,38-37-,39-36-,45-42-,46-43-. The SMILES string of the molecule is CC/C=C\C/C=C\C/C=C\C/C=C\C/C=C\C/C=C\C/C=C\CCCCCC(=O)OCC(COC(=O)CCCCCCC/C=C\CCCC)OC(=O)CCCCC/C=C\C/C=C\C/C=C\C/C=C\C/C=C\CC. The first kappa shape index (κ1) is 68.0. The highest BCUT2D eigenvalue weighted by atomic mass is 16.6. The molecule has 0 bridgehead atoms. The molecule has 0 N–H and O–H groups in total. The Morgan fingerprint density at radius 1 is 0.288 bits per heavy atom. The lowest BCUT2D eigenvalue weighted by atomic mass is 10.1. The van der Waals surface area contributed by atoms with E-state index in [1.807, 2.05) is 0 Å². The van der Waals surface area contributed by atoms with Crippen LogP contribution >= 0.6 is 0 Å². The third kappa shape index (κ3) is 57.8. The molecular weight excluding hydrogens is 901 g/mol. The van der Waals surface area contributed by atoms with Crippen LogP contribution in [0.1, 0.15) is 226 Å². The Balaban J connectivity index is 4.49. The second-order valence-corrected chi connectivity index (χ2v) is 18.4. The van der Waals surface area contributed by atoms with Gasteiger partial charge in [0.25, 0.3) is 0 Å². The molecule has 408 valence electrons. The summed E-state index contributed by atoms with van der Waals surface area (Å²) in [6, 6.07) is 0. The van der Waals surface area contributed by atoms with Gasteiger partial charge in [-0.15, -0.1) is 0 Å². The number of allylic oxidation sites excluding steroid dienone is 26. The normalized spacial score (nSPS) is 13.3. The van der Waals surface area contributed by atoms with Crippen molar-refractivity contribution in [3.05, 3.63) is 158 Å². The zero-order valence-corrected chi connectivity index (χ0v) is 46.6. The van der Waals surface area contributed by atoms with Gasteiger partial charge < -0.3 is 14.2 Å². The Kier molecular flexibility index (Phi) is 55.5. The summed E-state index contributed by atoms with van der Waals surface area (Å²) in [6.07, 6.45) is 86.6. The number of hydrogen-bond donors (Lipinski definition) is 0. The monoisotopic (exact) mass is 1000 g/mol. The van der Waals surface area contributed by atoms with Crippen molar-refractivity contribution in [3.63, 3.8) is 0 Å². The zero-order chi connectivity index (χ0) is 52.9. The van der Waals surface area contributed by atoms with Crippen LogP contribution in [0.5, 0.6) is 0 Å². The van der Waals surface area contributed by atoms with E-state index in [-0.39, 0.29) is 37.5 Å². The highest BCUT2D eigenvalue weighted by molar-refractivity contribution is 5.71. The van der Waals surface area contributed by atoms with Gasteiger partial charge in [-0.1, -0.05) is 224 Å². The van der Waals surface area contributed by atoms with E-state index >= 15 is 0 Å². The number of hydrogen-bond acceptors (Lipinski definition) is 6. The Bertz CT molecular complexity index is 1670. The Labute approximate surface area is 448 Å². The summed E-state index contributed by atoms with van der Waals surface area (Å²) in [4.78, 5) is 38.1. The number of rotatable bonds is 50. The van der Waals surface area contributed by atoms with Crippen LogP contribution in [-0.4, -0.2) is 37.2 Å². The molecule has 0 aromatic heterocycles. The summed E-state index contributed by atoms with van der Waals surface area (Å²) in [6.45, 7) is 6.29. The van der Waals surface area contributed by atoms with Crippen LogP contribution in [0.2, 0.25) is 0 Å². The largest absolute Gasteiger partial charge is 0.462 e. The van der Waals surface area contributed by atoms with E-state index in [2.05, 4.69) is 179 Å². The molecule has 0 spiro atoms. The van der Waals surface area contributed by atoms with Crippen molar-refractivity contribution in [2.45, 2.75) is 232 Å². The lowest BCUT2D eigenvalue weighted by Gasteiger charge is -2.18. The van der Waals surface area contributed by atoms with Gasteiger partial charge in [0.1, 0.15) is 13.2 Å².